The lowest BCUT2D eigenvalue weighted by molar-refractivity contribution is -0.169. The van der Waals surface area contributed by atoms with Crippen LogP contribution in [0.2, 0.25) is 0 Å². The average Bonchev–Trinajstić information content (AvgIpc) is 3.54. The number of hydrogen-bond donors (Lipinski definition) is 0. The van der Waals surface area contributed by atoms with Gasteiger partial charge >= 0.3 is 6.09 Å². The summed E-state index contributed by atoms with van der Waals surface area (Å²) in [5, 5.41) is 0. The zero-order valence-electron chi connectivity index (χ0n) is 32.7. The molecule has 1 aliphatic carbocycles. The third kappa shape index (κ3) is 18.8. The van der Waals surface area contributed by atoms with Crippen LogP contribution in [0.25, 0.3) is 11.1 Å². The average molecular weight is 778 g/mol. The van der Waals surface area contributed by atoms with E-state index in [2.05, 4.69) is 24.3 Å². The summed E-state index contributed by atoms with van der Waals surface area (Å²) in [7, 11) is 1.72. The first-order chi connectivity index (χ1) is 27.2. The van der Waals surface area contributed by atoms with Crippen molar-refractivity contribution in [3.63, 3.8) is 0 Å². The maximum atomic E-state index is 12.6. The van der Waals surface area contributed by atoms with Crippen LogP contribution in [-0.2, 0) is 56.8 Å². The van der Waals surface area contributed by atoms with E-state index in [1.165, 1.54) is 27.2 Å². The molecule has 1 unspecified atom stereocenters. The van der Waals surface area contributed by atoms with Gasteiger partial charge in [-0.05, 0) is 41.5 Å². The number of carbonyl (C=O) groups is 1. The molecule has 2 aliphatic rings. The molecule has 1 heterocycles. The minimum atomic E-state index is -0.363. The highest BCUT2D eigenvalue weighted by Crippen LogP contribution is 2.44. The van der Waals surface area contributed by atoms with E-state index in [-0.39, 0.29) is 18.3 Å². The summed E-state index contributed by atoms with van der Waals surface area (Å²) in [6.07, 6.45) is 2.81. The molecule has 1 aliphatic heterocycles. The molecule has 1 saturated heterocycles. The molecule has 0 bridgehead atoms. The Hall–Kier alpha value is -2.73. The van der Waals surface area contributed by atoms with Gasteiger partial charge in [0.25, 0.3) is 0 Å². The zero-order chi connectivity index (χ0) is 38.4. The van der Waals surface area contributed by atoms with Crippen molar-refractivity contribution in [3.05, 3.63) is 59.7 Å². The normalized spacial score (nSPS) is 15.3. The van der Waals surface area contributed by atoms with Gasteiger partial charge in [0.1, 0.15) is 6.61 Å². The largest absolute Gasteiger partial charge is 0.448 e. The lowest BCUT2D eigenvalue weighted by Crippen LogP contribution is -2.32. The fraction of sp³-hybridized carbons (Fsp3) is 0.683. The molecule has 0 radical (unpaired) electrons. The molecule has 1 atom stereocenters. The van der Waals surface area contributed by atoms with E-state index >= 15 is 0 Å². The Kier molecular flexibility index (Phi) is 24.1. The molecular formula is C41H63NO13. The number of amides is 1. The summed E-state index contributed by atoms with van der Waals surface area (Å²) in [6, 6.07) is 16.6. The quantitative estimate of drug-likeness (QED) is 0.0940. The van der Waals surface area contributed by atoms with Crippen molar-refractivity contribution in [3.8, 4) is 11.1 Å². The lowest BCUT2D eigenvalue weighted by atomic mass is 9.98. The SMILES string of the molecule is CN(CCOCCOCCOCCOCCOCCOCCOCCOCCOCCOC1CCCCO1)C(=O)OCC1c2ccccc2-c2ccccc21. The molecule has 14 nitrogen and oxygen atoms in total. The van der Waals surface area contributed by atoms with Gasteiger partial charge in [-0.3, -0.25) is 0 Å². The molecule has 4 rings (SSSR count). The van der Waals surface area contributed by atoms with Gasteiger partial charge in [-0.1, -0.05) is 48.5 Å². The second-order valence-corrected chi connectivity index (χ2v) is 12.9. The number of benzene rings is 2. The summed E-state index contributed by atoms with van der Waals surface area (Å²) >= 11 is 0. The van der Waals surface area contributed by atoms with Gasteiger partial charge in [-0.2, -0.15) is 0 Å². The molecule has 55 heavy (non-hydrogen) atoms. The highest BCUT2D eigenvalue weighted by Gasteiger charge is 2.29. The molecule has 0 saturated carbocycles. The lowest BCUT2D eigenvalue weighted by Gasteiger charge is -2.22. The van der Waals surface area contributed by atoms with Crippen LogP contribution in [-0.4, -0.2) is 170 Å². The Labute approximate surface area is 326 Å². The summed E-state index contributed by atoms with van der Waals surface area (Å²) < 4.78 is 66.5. The smallest absolute Gasteiger partial charge is 0.409 e. The number of rotatable bonds is 33. The Morgan fingerprint density at radius 1 is 0.564 bits per heavy atom. The van der Waals surface area contributed by atoms with Gasteiger partial charge in [-0.25, -0.2) is 4.79 Å². The van der Waals surface area contributed by atoms with Crippen molar-refractivity contribution in [1.82, 2.24) is 4.90 Å². The second kappa shape index (κ2) is 29.5. The first-order valence-corrected chi connectivity index (χ1v) is 19.7. The van der Waals surface area contributed by atoms with Gasteiger partial charge < -0.3 is 61.7 Å². The van der Waals surface area contributed by atoms with Crippen molar-refractivity contribution in [2.45, 2.75) is 31.5 Å². The fourth-order valence-corrected chi connectivity index (χ4v) is 5.94. The molecule has 0 spiro atoms. The van der Waals surface area contributed by atoms with E-state index in [0.717, 1.165) is 25.9 Å². The van der Waals surface area contributed by atoms with Crippen LogP contribution < -0.4 is 0 Å². The number of carbonyl (C=O) groups excluding carboxylic acids is 1. The van der Waals surface area contributed by atoms with Gasteiger partial charge in [0, 0.05) is 26.1 Å². The Bertz CT molecular complexity index is 1220. The fourth-order valence-electron chi connectivity index (χ4n) is 5.94. The van der Waals surface area contributed by atoms with Crippen LogP contribution in [0.3, 0.4) is 0 Å². The van der Waals surface area contributed by atoms with Crippen LogP contribution in [0, 0.1) is 0 Å². The predicted molar refractivity (Wildman–Crippen MR) is 205 cm³/mol. The third-order valence-corrected chi connectivity index (χ3v) is 8.86. The molecule has 2 aromatic rings. The molecule has 1 fully saturated rings. The van der Waals surface area contributed by atoms with Crippen LogP contribution in [0.5, 0.6) is 0 Å². The molecule has 2 aromatic carbocycles. The van der Waals surface area contributed by atoms with Crippen molar-refractivity contribution >= 4 is 6.09 Å². The second-order valence-electron chi connectivity index (χ2n) is 12.9. The van der Waals surface area contributed by atoms with E-state index in [1.807, 2.05) is 24.3 Å². The standard InChI is InChI=1S/C41H63NO13/c1-42(41(43)55-34-39-37-10-4-2-8-35(37)36-9-3-5-11-38(36)39)13-15-44-16-17-45-18-19-46-20-21-47-22-23-48-24-25-49-26-27-50-28-29-51-30-31-52-32-33-54-40-12-6-7-14-53-40/h2-5,8-11,39-40H,6-7,12-34H2,1H3. The van der Waals surface area contributed by atoms with Crippen molar-refractivity contribution in [2.24, 2.45) is 0 Å². The Morgan fingerprint density at radius 3 is 1.38 bits per heavy atom. The van der Waals surface area contributed by atoms with E-state index in [9.17, 15) is 4.79 Å². The van der Waals surface area contributed by atoms with Crippen LogP contribution >= 0.6 is 0 Å². The van der Waals surface area contributed by atoms with Crippen LogP contribution in [0.4, 0.5) is 4.79 Å². The molecule has 0 N–H and O–H groups in total. The summed E-state index contributed by atoms with van der Waals surface area (Å²) in [6.45, 7) is 10.9. The Morgan fingerprint density at radius 2 is 0.964 bits per heavy atom. The summed E-state index contributed by atoms with van der Waals surface area (Å²) in [4.78, 5) is 14.1. The molecule has 0 aromatic heterocycles. The minimum Gasteiger partial charge on any atom is -0.448 e. The van der Waals surface area contributed by atoms with E-state index in [1.54, 1.807) is 7.05 Å². The van der Waals surface area contributed by atoms with E-state index in [0.29, 0.717) is 139 Å². The highest BCUT2D eigenvalue weighted by atomic mass is 16.7. The van der Waals surface area contributed by atoms with Gasteiger partial charge in [0.2, 0.25) is 0 Å². The maximum Gasteiger partial charge on any atom is 0.409 e. The summed E-state index contributed by atoms with van der Waals surface area (Å²) in [5.41, 5.74) is 4.80. The number of nitrogens with zero attached hydrogens (tertiary/aromatic N) is 1. The van der Waals surface area contributed by atoms with E-state index < -0.39 is 0 Å². The van der Waals surface area contributed by atoms with Crippen molar-refractivity contribution in [2.75, 3.05) is 152 Å². The third-order valence-electron chi connectivity index (χ3n) is 8.86. The zero-order valence-corrected chi connectivity index (χ0v) is 32.7. The van der Waals surface area contributed by atoms with Gasteiger partial charge in [-0.15, -0.1) is 0 Å². The van der Waals surface area contributed by atoms with Gasteiger partial charge in [0.05, 0.1) is 126 Å². The summed E-state index contributed by atoms with van der Waals surface area (Å²) in [5.74, 6) is 0.0392. The Balaban J connectivity index is 0.804. The molecule has 1 amide bonds. The number of hydrogen-bond acceptors (Lipinski definition) is 13. The van der Waals surface area contributed by atoms with Crippen molar-refractivity contribution in [1.29, 1.82) is 0 Å². The minimum absolute atomic E-state index is 0.0392. The first-order valence-electron chi connectivity index (χ1n) is 19.7. The number of fused-ring (bicyclic) bond motifs is 3. The highest BCUT2D eigenvalue weighted by molar-refractivity contribution is 5.79. The molecule has 14 heteroatoms. The number of likely N-dealkylation sites (N-methyl/N-ethyl adjacent to an activating group) is 1. The topological polar surface area (TPSA) is 131 Å². The molecule has 310 valence electrons. The van der Waals surface area contributed by atoms with E-state index in [4.69, 9.17) is 56.8 Å². The van der Waals surface area contributed by atoms with Crippen LogP contribution in [0.15, 0.2) is 48.5 Å². The number of ether oxygens (including phenoxy) is 12. The van der Waals surface area contributed by atoms with Gasteiger partial charge in [0.15, 0.2) is 6.29 Å². The molecular weight excluding hydrogens is 714 g/mol. The van der Waals surface area contributed by atoms with Crippen LogP contribution in [0.1, 0.15) is 36.3 Å². The maximum absolute atomic E-state index is 12.6. The first kappa shape index (κ1) is 45.0. The van der Waals surface area contributed by atoms with Crippen molar-refractivity contribution < 1.29 is 61.6 Å². The monoisotopic (exact) mass is 777 g/mol. The predicted octanol–water partition coefficient (Wildman–Crippen LogP) is 4.56.